The lowest BCUT2D eigenvalue weighted by Crippen LogP contribution is -2.50. The number of piperidine rings is 1. The van der Waals surface area contributed by atoms with Gasteiger partial charge < -0.3 is 14.4 Å². The molecule has 2 aliphatic heterocycles. The molecule has 0 bridgehead atoms. The van der Waals surface area contributed by atoms with E-state index in [9.17, 15) is 4.79 Å². The molecular weight excluding hydrogens is 302 g/mol. The number of hydrogen-bond acceptors (Lipinski definition) is 3. The largest absolute Gasteiger partial charge is 0.381 e. The summed E-state index contributed by atoms with van der Waals surface area (Å²) in [6.45, 7) is 5.31. The fourth-order valence-corrected chi connectivity index (χ4v) is 4.65. The fourth-order valence-electron chi connectivity index (χ4n) is 4.65. The molecule has 2 saturated heterocycles. The standard InChI is InChI=1S/C20H31NO3/c22-19(17-3-1-2-4-17)21-10-7-20(8-11-21)9-12-23-14-18(20)15-24-13-16-5-6-16/h3,16,18H,1-2,4-15H2/t18-/m0/s1. The van der Waals surface area contributed by atoms with E-state index >= 15 is 0 Å². The van der Waals surface area contributed by atoms with Gasteiger partial charge in [0.25, 0.3) is 0 Å². The Morgan fingerprint density at radius 1 is 1.25 bits per heavy atom. The van der Waals surface area contributed by atoms with Crippen LogP contribution < -0.4 is 0 Å². The van der Waals surface area contributed by atoms with Crippen molar-refractivity contribution in [3.05, 3.63) is 11.6 Å². The molecule has 1 atom stereocenters. The average Bonchev–Trinajstić information content (AvgIpc) is 3.27. The molecule has 3 fully saturated rings. The highest BCUT2D eigenvalue weighted by atomic mass is 16.5. The third-order valence-electron chi connectivity index (χ3n) is 6.66. The van der Waals surface area contributed by atoms with Gasteiger partial charge >= 0.3 is 0 Å². The Balaban J connectivity index is 1.33. The number of allylic oxidation sites excluding steroid dienone is 1. The molecule has 2 heterocycles. The minimum Gasteiger partial charge on any atom is -0.381 e. The van der Waals surface area contributed by atoms with Crippen molar-refractivity contribution in [3.8, 4) is 0 Å². The molecule has 0 aromatic rings. The highest BCUT2D eigenvalue weighted by molar-refractivity contribution is 5.93. The molecule has 0 aromatic heterocycles. The van der Waals surface area contributed by atoms with E-state index < -0.39 is 0 Å². The quantitative estimate of drug-likeness (QED) is 0.776. The molecular formula is C20H31NO3. The van der Waals surface area contributed by atoms with Crippen LogP contribution in [0.25, 0.3) is 0 Å². The Kier molecular flexibility index (Phi) is 4.95. The Labute approximate surface area is 145 Å². The summed E-state index contributed by atoms with van der Waals surface area (Å²) in [6.07, 6.45) is 11.4. The number of amides is 1. The summed E-state index contributed by atoms with van der Waals surface area (Å²) in [5.74, 6) is 1.63. The molecule has 1 spiro atoms. The van der Waals surface area contributed by atoms with Crippen LogP contribution in [0.3, 0.4) is 0 Å². The monoisotopic (exact) mass is 333 g/mol. The molecule has 0 N–H and O–H groups in total. The molecule has 1 saturated carbocycles. The minimum atomic E-state index is 0.302. The number of carbonyl (C=O) groups is 1. The first-order valence-corrected chi connectivity index (χ1v) is 9.91. The second kappa shape index (κ2) is 7.17. The summed E-state index contributed by atoms with van der Waals surface area (Å²) in [7, 11) is 0. The van der Waals surface area contributed by atoms with Crippen molar-refractivity contribution in [2.45, 2.75) is 51.4 Å². The summed E-state index contributed by atoms with van der Waals surface area (Å²) < 4.78 is 11.8. The van der Waals surface area contributed by atoms with Crippen LogP contribution in [-0.4, -0.2) is 50.3 Å². The SMILES string of the molecule is O=C(C1=CCCC1)N1CCC2(CCOC[C@H]2COCC2CC2)CC1. The molecule has 4 heteroatoms. The maximum Gasteiger partial charge on any atom is 0.249 e. The van der Waals surface area contributed by atoms with Gasteiger partial charge in [-0.15, -0.1) is 0 Å². The van der Waals surface area contributed by atoms with Gasteiger partial charge in [-0.1, -0.05) is 6.08 Å². The summed E-state index contributed by atoms with van der Waals surface area (Å²) in [6, 6.07) is 0. The molecule has 2 aliphatic carbocycles. The highest BCUT2D eigenvalue weighted by Gasteiger charge is 2.44. The summed E-state index contributed by atoms with van der Waals surface area (Å²) in [4.78, 5) is 14.7. The summed E-state index contributed by atoms with van der Waals surface area (Å²) >= 11 is 0. The summed E-state index contributed by atoms with van der Waals surface area (Å²) in [5.41, 5.74) is 1.39. The lowest BCUT2D eigenvalue weighted by atomic mass is 9.66. The maximum atomic E-state index is 12.6. The Bertz CT molecular complexity index is 489. The smallest absolute Gasteiger partial charge is 0.249 e. The van der Waals surface area contributed by atoms with E-state index in [1.165, 1.54) is 12.8 Å². The number of ether oxygens (including phenoxy) is 2. The fraction of sp³-hybridized carbons (Fsp3) is 0.850. The topological polar surface area (TPSA) is 38.8 Å². The van der Waals surface area contributed by atoms with Gasteiger partial charge in [0.1, 0.15) is 0 Å². The maximum absolute atomic E-state index is 12.6. The van der Waals surface area contributed by atoms with Gasteiger partial charge in [-0.05, 0) is 62.7 Å². The number of hydrogen-bond donors (Lipinski definition) is 0. The Morgan fingerprint density at radius 2 is 2.08 bits per heavy atom. The molecule has 4 rings (SSSR count). The molecule has 134 valence electrons. The van der Waals surface area contributed by atoms with Crippen molar-refractivity contribution in [1.82, 2.24) is 4.90 Å². The van der Waals surface area contributed by atoms with E-state index in [0.29, 0.717) is 17.2 Å². The minimum absolute atomic E-state index is 0.302. The second-order valence-electron chi connectivity index (χ2n) is 8.28. The van der Waals surface area contributed by atoms with Crippen LogP contribution in [-0.2, 0) is 14.3 Å². The van der Waals surface area contributed by atoms with E-state index in [1.807, 2.05) is 0 Å². The molecule has 0 radical (unpaired) electrons. The van der Waals surface area contributed by atoms with Crippen molar-refractivity contribution in [2.75, 3.05) is 39.5 Å². The van der Waals surface area contributed by atoms with E-state index in [1.54, 1.807) is 0 Å². The first kappa shape index (κ1) is 16.6. The van der Waals surface area contributed by atoms with E-state index in [0.717, 1.165) is 89.5 Å². The molecule has 4 aliphatic rings. The van der Waals surface area contributed by atoms with E-state index in [-0.39, 0.29) is 0 Å². The van der Waals surface area contributed by atoms with E-state index in [4.69, 9.17) is 9.47 Å². The van der Waals surface area contributed by atoms with Crippen molar-refractivity contribution in [1.29, 1.82) is 0 Å². The third-order valence-corrected chi connectivity index (χ3v) is 6.66. The lowest BCUT2D eigenvalue weighted by Gasteiger charge is -2.49. The van der Waals surface area contributed by atoms with Crippen LogP contribution in [0.15, 0.2) is 11.6 Å². The predicted molar refractivity (Wildman–Crippen MR) is 92.7 cm³/mol. The van der Waals surface area contributed by atoms with Crippen LogP contribution in [0.5, 0.6) is 0 Å². The lowest BCUT2D eigenvalue weighted by molar-refractivity contribution is -0.135. The number of rotatable bonds is 5. The van der Waals surface area contributed by atoms with Gasteiger partial charge in [0, 0.05) is 37.8 Å². The van der Waals surface area contributed by atoms with Gasteiger partial charge in [-0.3, -0.25) is 4.79 Å². The predicted octanol–water partition coefficient (Wildman–Crippen LogP) is 3.17. The second-order valence-corrected chi connectivity index (χ2v) is 8.28. The number of carbonyl (C=O) groups excluding carboxylic acids is 1. The van der Waals surface area contributed by atoms with Crippen molar-refractivity contribution in [2.24, 2.45) is 17.3 Å². The molecule has 24 heavy (non-hydrogen) atoms. The Morgan fingerprint density at radius 3 is 2.79 bits per heavy atom. The third kappa shape index (κ3) is 3.55. The van der Waals surface area contributed by atoms with Crippen molar-refractivity contribution < 1.29 is 14.3 Å². The van der Waals surface area contributed by atoms with Crippen molar-refractivity contribution >= 4 is 5.91 Å². The molecule has 4 nitrogen and oxygen atoms in total. The average molecular weight is 333 g/mol. The zero-order chi connectivity index (χ0) is 16.4. The zero-order valence-corrected chi connectivity index (χ0v) is 14.8. The summed E-state index contributed by atoms with van der Waals surface area (Å²) in [5, 5.41) is 0. The van der Waals surface area contributed by atoms with Gasteiger partial charge in [0.15, 0.2) is 0 Å². The van der Waals surface area contributed by atoms with Gasteiger partial charge in [0.05, 0.1) is 13.2 Å². The number of likely N-dealkylation sites (tertiary alicyclic amines) is 1. The molecule has 1 amide bonds. The zero-order valence-electron chi connectivity index (χ0n) is 14.8. The Hall–Kier alpha value is -0.870. The van der Waals surface area contributed by atoms with Crippen LogP contribution in [0.1, 0.15) is 51.4 Å². The molecule has 0 aromatic carbocycles. The van der Waals surface area contributed by atoms with Crippen molar-refractivity contribution in [3.63, 3.8) is 0 Å². The van der Waals surface area contributed by atoms with Crippen LogP contribution >= 0.6 is 0 Å². The molecule has 0 unspecified atom stereocenters. The first-order valence-electron chi connectivity index (χ1n) is 9.91. The highest BCUT2D eigenvalue weighted by Crippen LogP contribution is 2.45. The van der Waals surface area contributed by atoms with Crippen LogP contribution in [0.4, 0.5) is 0 Å². The van der Waals surface area contributed by atoms with Gasteiger partial charge in [-0.25, -0.2) is 0 Å². The normalized spacial score (nSPS) is 29.8. The number of nitrogens with zero attached hydrogens (tertiary/aromatic N) is 1. The van der Waals surface area contributed by atoms with Gasteiger partial charge in [0.2, 0.25) is 5.91 Å². The van der Waals surface area contributed by atoms with E-state index in [2.05, 4.69) is 11.0 Å². The van der Waals surface area contributed by atoms with Crippen LogP contribution in [0, 0.1) is 17.3 Å². The van der Waals surface area contributed by atoms with Crippen LogP contribution in [0.2, 0.25) is 0 Å². The van der Waals surface area contributed by atoms with Gasteiger partial charge in [-0.2, -0.15) is 0 Å². The first-order chi connectivity index (χ1) is 11.8.